The highest BCUT2D eigenvalue weighted by atomic mass is 35.5. The van der Waals surface area contributed by atoms with Crippen LogP contribution in [0.4, 0.5) is 34.9 Å². The van der Waals surface area contributed by atoms with Gasteiger partial charge in [0, 0.05) is 16.4 Å². The van der Waals surface area contributed by atoms with Crippen LogP contribution in [0.15, 0.2) is 66.7 Å². The highest BCUT2D eigenvalue weighted by molar-refractivity contribution is 6.31. The SMILES string of the molecule is COc1ccc(Cl)cc1NC(=O)[C@H](C)Nc1nc(Nc2ccc(C)cc2)nc(Nc2ccc(C)cc2)n1. The lowest BCUT2D eigenvalue weighted by Gasteiger charge is -2.17. The predicted octanol–water partition coefficient (Wildman–Crippen LogP) is 6.08. The monoisotopic (exact) mass is 517 g/mol. The molecule has 0 aliphatic carbocycles. The molecule has 0 spiro atoms. The topological polar surface area (TPSA) is 113 Å². The highest BCUT2D eigenvalue weighted by Gasteiger charge is 2.18. The summed E-state index contributed by atoms with van der Waals surface area (Å²) in [6.45, 7) is 5.74. The minimum atomic E-state index is -0.689. The summed E-state index contributed by atoms with van der Waals surface area (Å²) in [4.78, 5) is 26.4. The number of methoxy groups -OCH3 is 1. The number of benzene rings is 3. The van der Waals surface area contributed by atoms with E-state index in [1.807, 2.05) is 62.4 Å². The number of carbonyl (C=O) groups excluding carboxylic acids is 1. The van der Waals surface area contributed by atoms with Gasteiger partial charge < -0.3 is 26.0 Å². The Balaban J connectivity index is 1.56. The van der Waals surface area contributed by atoms with Crippen LogP contribution in [0.5, 0.6) is 5.75 Å². The lowest BCUT2D eigenvalue weighted by Crippen LogP contribution is -2.32. The Labute approximate surface area is 220 Å². The smallest absolute Gasteiger partial charge is 0.246 e. The quantitative estimate of drug-likeness (QED) is 0.211. The molecule has 1 aromatic heterocycles. The van der Waals surface area contributed by atoms with Crippen molar-refractivity contribution in [3.63, 3.8) is 0 Å². The first-order valence-electron chi connectivity index (χ1n) is 11.6. The number of carbonyl (C=O) groups is 1. The maximum Gasteiger partial charge on any atom is 0.246 e. The van der Waals surface area contributed by atoms with Gasteiger partial charge in [0.1, 0.15) is 11.8 Å². The molecule has 0 aliphatic rings. The molecule has 0 saturated heterocycles. The molecule has 190 valence electrons. The molecule has 1 amide bonds. The molecule has 37 heavy (non-hydrogen) atoms. The van der Waals surface area contributed by atoms with Crippen LogP contribution in [0.25, 0.3) is 0 Å². The zero-order valence-corrected chi connectivity index (χ0v) is 21.7. The van der Waals surface area contributed by atoms with Gasteiger partial charge in [0.25, 0.3) is 0 Å². The van der Waals surface area contributed by atoms with Crippen LogP contribution in [-0.4, -0.2) is 34.0 Å². The lowest BCUT2D eigenvalue weighted by molar-refractivity contribution is -0.116. The van der Waals surface area contributed by atoms with E-state index in [-0.39, 0.29) is 11.9 Å². The van der Waals surface area contributed by atoms with Crippen LogP contribution in [0.3, 0.4) is 0 Å². The van der Waals surface area contributed by atoms with Crippen LogP contribution < -0.4 is 26.0 Å². The van der Waals surface area contributed by atoms with Crippen molar-refractivity contribution < 1.29 is 9.53 Å². The number of hydrogen-bond donors (Lipinski definition) is 4. The average molecular weight is 518 g/mol. The summed E-state index contributed by atoms with van der Waals surface area (Å²) in [5, 5.41) is 12.8. The molecule has 10 heteroatoms. The number of nitrogens with one attached hydrogen (secondary N) is 4. The number of rotatable bonds is 9. The molecular formula is C27H28ClN7O2. The molecule has 0 fully saturated rings. The molecule has 3 aromatic carbocycles. The third-order valence-corrected chi connectivity index (χ3v) is 5.64. The Morgan fingerprint density at radius 3 is 1.84 bits per heavy atom. The maximum absolute atomic E-state index is 12.9. The highest BCUT2D eigenvalue weighted by Crippen LogP contribution is 2.28. The van der Waals surface area contributed by atoms with Gasteiger partial charge in [0.2, 0.25) is 23.8 Å². The molecule has 0 aliphatic heterocycles. The van der Waals surface area contributed by atoms with E-state index in [0.717, 1.165) is 22.5 Å². The van der Waals surface area contributed by atoms with Gasteiger partial charge in [-0.2, -0.15) is 15.0 Å². The molecule has 1 heterocycles. The first-order valence-corrected chi connectivity index (χ1v) is 12.0. The summed E-state index contributed by atoms with van der Waals surface area (Å²) in [6.07, 6.45) is 0. The standard InChI is InChI=1S/C27H28ClN7O2/c1-16-5-10-20(11-6-16)30-26-33-25(34-27(35-26)31-21-12-7-17(2)8-13-21)29-18(3)24(36)32-22-15-19(28)9-14-23(22)37-4/h5-15,18H,1-4H3,(H,32,36)(H3,29,30,31,33,34,35)/t18-/m0/s1. The van der Waals surface area contributed by atoms with Gasteiger partial charge in [0.15, 0.2) is 0 Å². The molecule has 0 radical (unpaired) electrons. The van der Waals surface area contributed by atoms with E-state index in [1.54, 1.807) is 25.1 Å². The molecule has 9 nitrogen and oxygen atoms in total. The first kappa shape index (κ1) is 25.7. The second kappa shape index (κ2) is 11.6. The number of aromatic nitrogens is 3. The molecule has 0 saturated carbocycles. The molecule has 4 aromatic rings. The van der Waals surface area contributed by atoms with Crippen molar-refractivity contribution in [3.8, 4) is 5.75 Å². The second-order valence-electron chi connectivity index (χ2n) is 8.49. The van der Waals surface area contributed by atoms with E-state index in [2.05, 4.69) is 36.2 Å². The van der Waals surface area contributed by atoms with E-state index in [4.69, 9.17) is 16.3 Å². The molecule has 4 N–H and O–H groups in total. The van der Waals surface area contributed by atoms with E-state index >= 15 is 0 Å². The van der Waals surface area contributed by atoms with Gasteiger partial charge in [-0.15, -0.1) is 0 Å². The van der Waals surface area contributed by atoms with E-state index in [9.17, 15) is 4.79 Å². The second-order valence-corrected chi connectivity index (χ2v) is 8.92. The Bertz CT molecular complexity index is 1310. The number of hydrogen-bond acceptors (Lipinski definition) is 8. The van der Waals surface area contributed by atoms with Crippen molar-refractivity contribution in [1.29, 1.82) is 0 Å². The zero-order valence-electron chi connectivity index (χ0n) is 21.0. The number of anilines is 6. The van der Waals surface area contributed by atoms with E-state index < -0.39 is 6.04 Å². The Kier molecular flexibility index (Phi) is 8.05. The Morgan fingerprint density at radius 1 is 0.811 bits per heavy atom. The van der Waals surface area contributed by atoms with Crippen LogP contribution in [0.1, 0.15) is 18.1 Å². The number of ether oxygens (including phenoxy) is 1. The summed E-state index contributed by atoms with van der Waals surface area (Å²) < 4.78 is 5.32. The third kappa shape index (κ3) is 7.08. The minimum absolute atomic E-state index is 0.222. The number of amides is 1. The van der Waals surface area contributed by atoms with Crippen molar-refractivity contribution in [1.82, 2.24) is 15.0 Å². The molecule has 0 unspecified atom stereocenters. The summed E-state index contributed by atoms with van der Waals surface area (Å²) in [7, 11) is 1.52. The van der Waals surface area contributed by atoms with Crippen molar-refractivity contribution in [2.45, 2.75) is 26.8 Å². The van der Waals surface area contributed by atoms with E-state index in [1.165, 1.54) is 7.11 Å². The summed E-state index contributed by atoms with van der Waals surface area (Å²) in [5.41, 5.74) is 4.39. The summed E-state index contributed by atoms with van der Waals surface area (Å²) in [5.74, 6) is 1.04. The molecule has 4 rings (SSSR count). The largest absolute Gasteiger partial charge is 0.495 e. The van der Waals surface area contributed by atoms with Gasteiger partial charge >= 0.3 is 0 Å². The van der Waals surface area contributed by atoms with Crippen molar-refractivity contribution in [3.05, 3.63) is 82.9 Å². The maximum atomic E-state index is 12.9. The van der Waals surface area contributed by atoms with Crippen LogP contribution in [0, 0.1) is 13.8 Å². The van der Waals surface area contributed by atoms with Crippen molar-refractivity contribution >= 4 is 52.4 Å². The third-order valence-electron chi connectivity index (χ3n) is 5.41. The Hall–Kier alpha value is -4.37. The van der Waals surface area contributed by atoms with Gasteiger partial charge in [-0.3, -0.25) is 4.79 Å². The molecule has 1 atom stereocenters. The van der Waals surface area contributed by atoms with Gasteiger partial charge in [0.05, 0.1) is 12.8 Å². The fourth-order valence-electron chi connectivity index (χ4n) is 3.36. The van der Waals surface area contributed by atoms with Gasteiger partial charge in [-0.05, 0) is 63.2 Å². The fraction of sp³-hybridized carbons (Fsp3) is 0.185. The predicted molar refractivity (Wildman–Crippen MR) is 148 cm³/mol. The fourth-order valence-corrected chi connectivity index (χ4v) is 3.53. The van der Waals surface area contributed by atoms with Gasteiger partial charge in [-0.25, -0.2) is 0 Å². The van der Waals surface area contributed by atoms with Crippen LogP contribution in [-0.2, 0) is 4.79 Å². The summed E-state index contributed by atoms with van der Waals surface area (Å²) >= 11 is 6.09. The van der Waals surface area contributed by atoms with Crippen molar-refractivity contribution in [2.75, 3.05) is 28.4 Å². The number of halogens is 1. The Morgan fingerprint density at radius 2 is 1.32 bits per heavy atom. The number of aryl methyl sites for hydroxylation is 2. The molecular weight excluding hydrogens is 490 g/mol. The molecule has 0 bridgehead atoms. The number of nitrogens with zero attached hydrogens (tertiary/aromatic N) is 3. The zero-order chi connectivity index (χ0) is 26.4. The van der Waals surface area contributed by atoms with Gasteiger partial charge in [-0.1, -0.05) is 47.0 Å². The normalized spacial score (nSPS) is 11.4. The minimum Gasteiger partial charge on any atom is -0.495 e. The first-order chi connectivity index (χ1) is 17.8. The lowest BCUT2D eigenvalue weighted by atomic mass is 10.2. The van der Waals surface area contributed by atoms with Crippen LogP contribution >= 0.6 is 11.6 Å². The van der Waals surface area contributed by atoms with E-state index in [0.29, 0.717) is 28.4 Å². The summed E-state index contributed by atoms with van der Waals surface area (Å²) in [6, 6.07) is 20.0. The van der Waals surface area contributed by atoms with Crippen LogP contribution in [0.2, 0.25) is 5.02 Å². The van der Waals surface area contributed by atoms with Crippen molar-refractivity contribution in [2.24, 2.45) is 0 Å². The average Bonchev–Trinajstić information content (AvgIpc) is 2.87.